The Hall–Kier alpha value is -2.02. The predicted molar refractivity (Wildman–Crippen MR) is 79.2 cm³/mol. The normalized spacial score (nSPS) is 11.6. The van der Waals surface area contributed by atoms with Gasteiger partial charge in [-0.3, -0.25) is 4.68 Å². The van der Waals surface area contributed by atoms with Gasteiger partial charge in [-0.05, 0) is 24.6 Å². The molecule has 0 saturated heterocycles. The first-order valence-corrected chi connectivity index (χ1v) is 6.91. The van der Waals surface area contributed by atoms with Crippen LogP contribution in [0.15, 0.2) is 40.2 Å². The zero-order valence-electron chi connectivity index (χ0n) is 11.0. The summed E-state index contributed by atoms with van der Waals surface area (Å²) in [5.41, 5.74) is 6.15. The Labute approximate surface area is 125 Å². The number of halogens is 1. The van der Waals surface area contributed by atoms with Gasteiger partial charge in [0.15, 0.2) is 11.6 Å². The van der Waals surface area contributed by atoms with E-state index in [9.17, 15) is 0 Å². The fourth-order valence-electron chi connectivity index (χ4n) is 1.72. The van der Waals surface area contributed by atoms with Gasteiger partial charge in [-0.2, -0.15) is 5.10 Å². The summed E-state index contributed by atoms with van der Waals surface area (Å²) in [6.45, 7) is 2.91. The number of nitrogens with two attached hydrogens (primary N) is 1. The van der Waals surface area contributed by atoms with Crippen LogP contribution in [0.3, 0.4) is 0 Å². The Morgan fingerprint density at radius 2 is 2.35 bits per heavy atom. The maximum atomic E-state index is 8.82. The maximum absolute atomic E-state index is 8.82. The lowest BCUT2D eigenvalue weighted by Gasteiger charge is -2.09. The minimum Gasteiger partial charge on any atom is -0.453 e. The average Bonchev–Trinajstić information content (AvgIpc) is 2.88. The number of ether oxygens (including phenoxy) is 1. The molecule has 0 aliphatic rings. The minimum atomic E-state index is -0.0118. The van der Waals surface area contributed by atoms with Gasteiger partial charge in [-0.1, -0.05) is 28.0 Å². The van der Waals surface area contributed by atoms with Gasteiger partial charge >= 0.3 is 0 Å². The van der Waals surface area contributed by atoms with Crippen molar-refractivity contribution in [2.75, 3.05) is 0 Å². The molecule has 6 nitrogen and oxygen atoms in total. The molecule has 2 rings (SSSR count). The van der Waals surface area contributed by atoms with Crippen molar-refractivity contribution in [1.82, 2.24) is 9.78 Å². The summed E-state index contributed by atoms with van der Waals surface area (Å²) in [5, 5.41) is 16.0. The van der Waals surface area contributed by atoms with E-state index < -0.39 is 0 Å². The molecule has 0 aliphatic carbocycles. The Morgan fingerprint density at radius 1 is 1.55 bits per heavy atom. The first-order chi connectivity index (χ1) is 9.63. The zero-order valence-corrected chi connectivity index (χ0v) is 12.5. The molecule has 0 saturated carbocycles. The van der Waals surface area contributed by atoms with Crippen LogP contribution in [0, 0.1) is 0 Å². The third kappa shape index (κ3) is 3.30. The highest BCUT2D eigenvalue weighted by Gasteiger charge is 2.11. The van der Waals surface area contributed by atoms with Crippen LogP contribution in [-0.2, 0) is 6.54 Å². The van der Waals surface area contributed by atoms with Crippen LogP contribution in [0.25, 0.3) is 0 Å². The molecule has 0 atom stereocenters. The molecule has 0 radical (unpaired) electrons. The molecule has 0 bridgehead atoms. The van der Waals surface area contributed by atoms with E-state index in [4.69, 9.17) is 15.7 Å². The fourth-order valence-corrected chi connectivity index (χ4v) is 2.08. The average molecular weight is 339 g/mol. The van der Waals surface area contributed by atoms with Gasteiger partial charge in [0.1, 0.15) is 5.75 Å². The van der Waals surface area contributed by atoms with Crippen molar-refractivity contribution in [3.63, 3.8) is 0 Å². The van der Waals surface area contributed by atoms with Gasteiger partial charge in [0.25, 0.3) is 0 Å². The number of nitrogens with zero attached hydrogens (tertiary/aromatic N) is 3. The van der Waals surface area contributed by atoms with E-state index in [1.165, 1.54) is 0 Å². The third-order valence-electron chi connectivity index (χ3n) is 2.62. The van der Waals surface area contributed by atoms with Gasteiger partial charge in [0, 0.05) is 11.0 Å². The van der Waals surface area contributed by atoms with E-state index in [2.05, 4.69) is 33.1 Å². The molecule has 0 unspecified atom stereocenters. The number of aryl methyl sites for hydroxylation is 1. The molecule has 3 N–H and O–H groups in total. The molecule has 1 aromatic heterocycles. The molecule has 1 aromatic carbocycles. The van der Waals surface area contributed by atoms with Crippen molar-refractivity contribution in [3.05, 3.63) is 40.6 Å². The number of benzene rings is 1. The van der Waals surface area contributed by atoms with Crippen molar-refractivity contribution in [3.8, 4) is 11.5 Å². The van der Waals surface area contributed by atoms with Crippen molar-refractivity contribution in [1.29, 1.82) is 0 Å². The van der Waals surface area contributed by atoms with Crippen molar-refractivity contribution < 1.29 is 9.94 Å². The molecule has 0 spiro atoms. The SMILES string of the molecule is CCCn1cc(Oc2ccc(Br)cc2/C(N)=N/O)cn1. The molecule has 0 amide bonds. The number of aromatic nitrogens is 2. The second kappa shape index (κ2) is 6.42. The summed E-state index contributed by atoms with van der Waals surface area (Å²) in [7, 11) is 0. The lowest BCUT2D eigenvalue weighted by molar-refractivity contribution is 0.318. The first kappa shape index (κ1) is 14.4. The molecular formula is C13H15BrN4O2. The largest absolute Gasteiger partial charge is 0.453 e. The molecule has 106 valence electrons. The molecule has 0 aliphatic heterocycles. The van der Waals surface area contributed by atoms with E-state index in [1.807, 2.05) is 12.3 Å². The summed E-state index contributed by atoms with van der Waals surface area (Å²) >= 11 is 3.34. The van der Waals surface area contributed by atoms with E-state index in [1.54, 1.807) is 23.0 Å². The van der Waals surface area contributed by atoms with Crippen molar-refractivity contribution in [2.45, 2.75) is 19.9 Å². The summed E-state index contributed by atoms with van der Waals surface area (Å²) in [6, 6.07) is 5.29. The lowest BCUT2D eigenvalue weighted by atomic mass is 10.2. The van der Waals surface area contributed by atoms with Crippen LogP contribution in [0.4, 0.5) is 0 Å². The second-order valence-electron chi connectivity index (χ2n) is 4.17. The lowest BCUT2D eigenvalue weighted by Crippen LogP contribution is -2.14. The van der Waals surface area contributed by atoms with E-state index in [0.717, 1.165) is 17.4 Å². The number of rotatable bonds is 5. The first-order valence-electron chi connectivity index (χ1n) is 6.11. The Bertz CT molecular complexity index is 625. The number of hydrogen-bond donors (Lipinski definition) is 2. The summed E-state index contributed by atoms with van der Waals surface area (Å²) in [6.07, 6.45) is 4.43. The quantitative estimate of drug-likeness (QED) is 0.380. The van der Waals surface area contributed by atoms with E-state index in [-0.39, 0.29) is 5.84 Å². The van der Waals surface area contributed by atoms with Crippen LogP contribution >= 0.6 is 15.9 Å². The maximum Gasteiger partial charge on any atom is 0.173 e. The molecule has 1 heterocycles. The van der Waals surface area contributed by atoms with Crippen LogP contribution in [0.2, 0.25) is 0 Å². The van der Waals surface area contributed by atoms with Gasteiger partial charge < -0.3 is 15.7 Å². The molecule has 2 aromatic rings. The van der Waals surface area contributed by atoms with Crippen LogP contribution in [-0.4, -0.2) is 20.8 Å². The van der Waals surface area contributed by atoms with Crippen molar-refractivity contribution >= 4 is 21.8 Å². The summed E-state index contributed by atoms with van der Waals surface area (Å²) < 4.78 is 8.35. The molecule has 0 fully saturated rings. The van der Waals surface area contributed by atoms with Crippen LogP contribution < -0.4 is 10.5 Å². The fraction of sp³-hybridized carbons (Fsp3) is 0.231. The third-order valence-corrected chi connectivity index (χ3v) is 3.11. The number of hydrogen-bond acceptors (Lipinski definition) is 4. The van der Waals surface area contributed by atoms with Crippen molar-refractivity contribution in [2.24, 2.45) is 10.9 Å². The summed E-state index contributed by atoms with van der Waals surface area (Å²) in [5.74, 6) is 1.09. The topological polar surface area (TPSA) is 85.7 Å². The molecule has 20 heavy (non-hydrogen) atoms. The Kier molecular flexibility index (Phi) is 4.62. The van der Waals surface area contributed by atoms with Gasteiger partial charge in [0.2, 0.25) is 0 Å². The Morgan fingerprint density at radius 3 is 3.05 bits per heavy atom. The highest BCUT2D eigenvalue weighted by Crippen LogP contribution is 2.27. The predicted octanol–water partition coefficient (Wildman–Crippen LogP) is 2.94. The molecule has 7 heteroatoms. The van der Waals surface area contributed by atoms with Gasteiger partial charge in [-0.25, -0.2) is 0 Å². The van der Waals surface area contributed by atoms with E-state index in [0.29, 0.717) is 17.1 Å². The zero-order chi connectivity index (χ0) is 14.5. The monoisotopic (exact) mass is 338 g/mol. The van der Waals surface area contributed by atoms with Gasteiger partial charge in [-0.15, -0.1) is 0 Å². The highest BCUT2D eigenvalue weighted by molar-refractivity contribution is 9.10. The second-order valence-corrected chi connectivity index (χ2v) is 5.08. The number of oxime groups is 1. The van der Waals surface area contributed by atoms with Crippen LogP contribution in [0.1, 0.15) is 18.9 Å². The van der Waals surface area contributed by atoms with Gasteiger partial charge in [0.05, 0.1) is 18.0 Å². The number of amidine groups is 1. The minimum absolute atomic E-state index is 0.0118. The standard InChI is InChI=1S/C13H15BrN4O2/c1-2-5-18-8-10(7-16-18)20-12-4-3-9(14)6-11(12)13(15)17-19/h3-4,6-8,19H,2,5H2,1H3,(H2,15,17). The van der Waals surface area contributed by atoms with Crippen LogP contribution in [0.5, 0.6) is 11.5 Å². The van der Waals surface area contributed by atoms with E-state index >= 15 is 0 Å². The Balaban J connectivity index is 2.28. The highest BCUT2D eigenvalue weighted by atomic mass is 79.9. The molecular weight excluding hydrogens is 324 g/mol. The smallest absolute Gasteiger partial charge is 0.173 e. The summed E-state index contributed by atoms with van der Waals surface area (Å²) in [4.78, 5) is 0.